The second-order valence-electron chi connectivity index (χ2n) is 2.38. The summed E-state index contributed by atoms with van der Waals surface area (Å²) in [6.45, 7) is 2.07. The molecule has 0 aliphatic heterocycles. The van der Waals surface area contributed by atoms with Crippen molar-refractivity contribution in [1.82, 2.24) is 0 Å². The van der Waals surface area contributed by atoms with E-state index < -0.39 is 0 Å². The highest BCUT2D eigenvalue weighted by Gasteiger charge is 2.01. The van der Waals surface area contributed by atoms with Gasteiger partial charge in [-0.25, -0.2) is 0 Å². The molecule has 2 nitrogen and oxygen atoms in total. The van der Waals surface area contributed by atoms with Gasteiger partial charge in [0.15, 0.2) is 0 Å². The molecule has 64 valence electrons. The Balaban J connectivity index is 2.77. The van der Waals surface area contributed by atoms with Gasteiger partial charge in [-0.05, 0) is 24.6 Å². The van der Waals surface area contributed by atoms with Crippen molar-refractivity contribution < 1.29 is 4.79 Å². The molecule has 12 heavy (non-hydrogen) atoms. The number of hydrogen-bond acceptors (Lipinski definition) is 2. The number of rotatable bonds is 3. The number of hydrogen-bond donors (Lipinski definition) is 1. The van der Waals surface area contributed by atoms with Gasteiger partial charge >= 0.3 is 0 Å². The lowest BCUT2D eigenvalue weighted by Crippen LogP contribution is -2.07. The normalized spacial score (nSPS) is 10.8. The maximum Gasteiger partial charge on any atom is 0.258 e. The van der Waals surface area contributed by atoms with Gasteiger partial charge in [-0.15, -0.1) is 11.3 Å². The Morgan fingerprint density at radius 1 is 1.67 bits per heavy atom. The van der Waals surface area contributed by atoms with Crippen molar-refractivity contribution >= 4 is 23.3 Å². The van der Waals surface area contributed by atoms with Crippen LogP contribution >= 0.6 is 11.3 Å². The average Bonchev–Trinajstić information content (AvgIpc) is 2.48. The van der Waals surface area contributed by atoms with Crippen LogP contribution in [0.25, 0.3) is 6.08 Å². The summed E-state index contributed by atoms with van der Waals surface area (Å²) in [4.78, 5) is 12.4. The van der Waals surface area contributed by atoms with E-state index in [0.717, 1.165) is 11.3 Å². The summed E-state index contributed by atoms with van der Waals surface area (Å²) in [5, 5.41) is 0. The van der Waals surface area contributed by atoms with Gasteiger partial charge in [-0.1, -0.05) is 13.0 Å². The second kappa shape index (κ2) is 4.07. The maximum atomic E-state index is 10.7. The Bertz CT molecular complexity index is 301. The van der Waals surface area contributed by atoms with E-state index in [1.807, 2.05) is 12.1 Å². The number of allylic oxidation sites excluding steroid dienone is 1. The zero-order valence-corrected chi connectivity index (χ0v) is 7.73. The first-order valence-corrected chi connectivity index (χ1v) is 4.62. The molecule has 2 N–H and O–H groups in total. The average molecular weight is 181 g/mol. The van der Waals surface area contributed by atoms with E-state index in [0.29, 0.717) is 4.88 Å². The molecule has 0 saturated heterocycles. The van der Waals surface area contributed by atoms with Crippen LogP contribution in [0.2, 0.25) is 0 Å². The fourth-order valence-corrected chi connectivity index (χ4v) is 1.60. The molecule has 1 heterocycles. The molecule has 3 heteroatoms. The van der Waals surface area contributed by atoms with Crippen LogP contribution < -0.4 is 5.73 Å². The SMILES string of the molecule is CC/C=C/c1ccc(C(N)=O)s1. The Kier molecular flexibility index (Phi) is 3.05. The minimum absolute atomic E-state index is 0.351. The van der Waals surface area contributed by atoms with Crippen molar-refractivity contribution in [2.75, 3.05) is 0 Å². The third-order valence-electron chi connectivity index (χ3n) is 1.39. The first-order chi connectivity index (χ1) is 5.74. The molecule has 1 aromatic heterocycles. The van der Waals surface area contributed by atoms with Gasteiger partial charge in [0.05, 0.1) is 4.88 Å². The number of thiophene rings is 1. The first-order valence-electron chi connectivity index (χ1n) is 3.80. The van der Waals surface area contributed by atoms with E-state index >= 15 is 0 Å². The lowest BCUT2D eigenvalue weighted by Gasteiger charge is -1.83. The molecule has 1 rings (SSSR count). The highest BCUT2D eigenvalue weighted by Crippen LogP contribution is 2.17. The third kappa shape index (κ3) is 2.20. The van der Waals surface area contributed by atoms with E-state index in [9.17, 15) is 4.79 Å². The van der Waals surface area contributed by atoms with Crippen LogP contribution in [0.15, 0.2) is 18.2 Å². The van der Waals surface area contributed by atoms with Crippen LogP contribution in [-0.4, -0.2) is 5.91 Å². The molecule has 0 saturated carbocycles. The monoisotopic (exact) mass is 181 g/mol. The van der Waals surface area contributed by atoms with Gasteiger partial charge in [0.2, 0.25) is 0 Å². The van der Waals surface area contributed by atoms with Crippen LogP contribution in [-0.2, 0) is 0 Å². The van der Waals surface area contributed by atoms with E-state index in [4.69, 9.17) is 5.73 Å². The maximum absolute atomic E-state index is 10.7. The quantitative estimate of drug-likeness (QED) is 0.763. The van der Waals surface area contributed by atoms with Gasteiger partial charge in [0, 0.05) is 4.88 Å². The molecule has 0 spiro atoms. The summed E-state index contributed by atoms with van der Waals surface area (Å²) in [6.07, 6.45) is 5.05. The molecule has 0 aliphatic rings. The number of primary amides is 1. The highest BCUT2D eigenvalue weighted by atomic mass is 32.1. The minimum atomic E-state index is -0.351. The lowest BCUT2D eigenvalue weighted by molar-refractivity contribution is 0.100. The van der Waals surface area contributed by atoms with Crippen LogP contribution in [0, 0.1) is 0 Å². The lowest BCUT2D eigenvalue weighted by atomic mass is 10.3. The number of carbonyl (C=O) groups excluding carboxylic acids is 1. The number of amides is 1. The summed E-state index contributed by atoms with van der Waals surface area (Å²) in [6, 6.07) is 3.65. The fourth-order valence-electron chi connectivity index (χ4n) is 0.809. The molecule has 0 aromatic carbocycles. The summed E-state index contributed by atoms with van der Waals surface area (Å²) in [5.74, 6) is -0.351. The molecule has 1 aromatic rings. The van der Waals surface area contributed by atoms with Crippen molar-refractivity contribution in [2.24, 2.45) is 5.73 Å². The smallest absolute Gasteiger partial charge is 0.258 e. The molecule has 0 bridgehead atoms. The summed E-state index contributed by atoms with van der Waals surface area (Å²) in [7, 11) is 0. The fraction of sp³-hybridized carbons (Fsp3) is 0.222. The predicted molar refractivity (Wildman–Crippen MR) is 52.2 cm³/mol. The standard InChI is InChI=1S/C9H11NOS/c1-2-3-4-7-5-6-8(12-7)9(10)11/h3-6H,2H2,1H3,(H2,10,11)/b4-3+. The molecule has 0 radical (unpaired) electrons. The van der Waals surface area contributed by atoms with Crippen molar-refractivity contribution in [1.29, 1.82) is 0 Å². The largest absolute Gasteiger partial charge is 0.365 e. The topological polar surface area (TPSA) is 43.1 Å². The summed E-state index contributed by atoms with van der Waals surface area (Å²) in [5.41, 5.74) is 5.10. The van der Waals surface area contributed by atoms with Crippen LogP contribution in [0.4, 0.5) is 0 Å². The van der Waals surface area contributed by atoms with E-state index in [-0.39, 0.29) is 5.91 Å². The van der Waals surface area contributed by atoms with Crippen LogP contribution in [0.3, 0.4) is 0 Å². The minimum Gasteiger partial charge on any atom is -0.365 e. The zero-order valence-electron chi connectivity index (χ0n) is 6.91. The van der Waals surface area contributed by atoms with Crippen molar-refractivity contribution in [3.63, 3.8) is 0 Å². The molecule has 1 amide bonds. The van der Waals surface area contributed by atoms with E-state index in [2.05, 4.69) is 13.0 Å². The van der Waals surface area contributed by atoms with Gasteiger partial charge in [-0.3, -0.25) is 4.79 Å². The molecule has 0 fully saturated rings. The van der Waals surface area contributed by atoms with E-state index in [1.54, 1.807) is 6.07 Å². The highest BCUT2D eigenvalue weighted by molar-refractivity contribution is 7.14. The predicted octanol–water partition coefficient (Wildman–Crippen LogP) is 2.27. The molecule has 0 aliphatic carbocycles. The summed E-state index contributed by atoms with van der Waals surface area (Å²) < 4.78 is 0. The Hall–Kier alpha value is -1.09. The molecular formula is C9H11NOS. The van der Waals surface area contributed by atoms with Gasteiger partial charge in [-0.2, -0.15) is 0 Å². The first kappa shape index (κ1) is 9.00. The Morgan fingerprint density at radius 3 is 2.92 bits per heavy atom. The molecule has 0 atom stereocenters. The van der Waals surface area contributed by atoms with Crippen molar-refractivity contribution in [3.8, 4) is 0 Å². The van der Waals surface area contributed by atoms with Crippen molar-refractivity contribution in [3.05, 3.63) is 28.0 Å². The number of carbonyl (C=O) groups is 1. The zero-order chi connectivity index (χ0) is 8.97. The van der Waals surface area contributed by atoms with Gasteiger partial charge < -0.3 is 5.73 Å². The molecule has 0 unspecified atom stereocenters. The van der Waals surface area contributed by atoms with Crippen LogP contribution in [0.5, 0.6) is 0 Å². The summed E-state index contributed by atoms with van der Waals surface area (Å²) >= 11 is 1.42. The van der Waals surface area contributed by atoms with E-state index in [1.165, 1.54) is 11.3 Å². The van der Waals surface area contributed by atoms with Crippen LogP contribution in [0.1, 0.15) is 27.9 Å². The van der Waals surface area contributed by atoms with Crippen molar-refractivity contribution in [2.45, 2.75) is 13.3 Å². The Morgan fingerprint density at radius 2 is 2.42 bits per heavy atom. The van der Waals surface area contributed by atoms with Gasteiger partial charge in [0.1, 0.15) is 0 Å². The second-order valence-corrected chi connectivity index (χ2v) is 3.49. The Labute approximate surface area is 75.7 Å². The molecular weight excluding hydrogens is 170 g/mol. The number of nitrogens with two attached hydrogens (primary N) is 1. The third-order valence-corrected chi connectivity index (χ3v) is 2.45. The van der Waals surface area contributed by atoms with Gasteiger partial charge in [0.25, 0.3) is 5.91 Å².